The van der Waals surface area contributed by atoms with Crippen molar-refractivity contribution in [3.63, 3.8) is 0 Å². The maximum absolute atomic E-state index is 14.7. The molecule has 0 radical (unpaired) electrons. The van der Waals surface area contributed by atoms with Gasteiger partial charge in [-0.05, 0) is 42.8 Å². The Morgan fingerprint density at radius 2 is 1.89 bits per heavy atom. The van der Waals surface area contributed by atoms with Crippen LogP contribution in [0.1, 0.15) is 21.6 Å². The summed E-state index contributed by atoms with van der Waals surface area (Å²) in [5.74, 6) is -3.81. The Kier molecular flexibility index (Phi) is 7.22. The lowest BCUT2D eigenvalue weighted by Crippen LogP contribution is -2.21. The van der Waals surface area contributed by atoms with Crippen molar-refractivity contribution in [3.8, 4) is 17.4 Å². The molecule has 1 atom stereocenters. The zero-order chi connectivity index (χ0) is 26.1. The van der Waals surface area contributed by atoms with Gasteiger partial charge in [0.2, 0.25) is 5.82 Å². The highest BCUT2D eigenvalue weighted by atomic mass is 35.5. The fraction of sp³-hybridized carbons (Fsp3) is 0.190. The summed E-state index contributed by atoms with van der Waals surface area (Å²) in [5, 5.41) is 8.75. The normalized spacial score (nSPS) is 13.1. The molecule has 2 N–H and O–H groups in total. The lowest BCUT2D eigenvalue weighted by Gasteiger charge is -2.17. The standard InChI is InChI=1S/C21H17ClF4N4O4S/c1-10-15(19(31)28-11-5-4-6-12(9-11)35(3,27)32)20(30-29-18(10)21(24,25)26)34-14-8-7-13(22)17(33-2)16(14)23/h4-9,27H,1-3H3,(H,28,31). The van der Waals surface area contributed by atoms with Crippen LogP contribution in [0.2, 0.25) is 5.02 Å². The number of carbonyl (C=O) groups is 1. The minimum atomic E-state index is -4.95. The monoisotopic (exact) mass is 532 g/mol. The first-order valence-electron chi connectivity index (χ1n) is 9.53. The zero-order valence-corrected chi connectivity index (χ0v) is 19.9. The predicted molar refractivity (Wildman–Crippen MR) is 119 cm³/mol. The molecule has 0 aliphatic heterocycles. The summed E-state index contributed by atoms with van der Waals surface area (Å²) in [6.45, 7) is 0.983. The van der Waals surface area contributed by atoms with E-state index >= 15 is 0 Å². The summed E-state index contributed by atoms with van der Waals surface area (Å²) in [7, 11) is -1.99. The molecule has 0 saturated heterocycles. The molecule has 2 aromatic carbocycles. The number of nitrogens with one attached hydrogen (secondary N) is 2. The fourth-order valence-electron chi connectivity index (χ4n) is 3.00. The van der Waals surface area contributed by atoms with Crippen molar-refractivity contribution < 1.29 is 36.0 Å². The Bertz CT molecular complexity index is 1420. The number of methoxy groups -OCH3 is 1. The van der Waals surface area contributed by atoms with E-state index in [1.165, 1.54) is 36.6 Å². The number of ether oxygens (including phenoxy) is 2. The van der Waals surface area contributed by atoms with E-state index in [4.69, 9.17) is 25.9 Å². The van der Waals surface area contributed by atoms with E-state index in [0.29, 0.717) is 0 Å². The second kappa shape index (κ2) is 9.66. The molecule has 0 aliphatic rings. The molecule has 1 aromatic heterocycles. The first kappa shape index (κ1) is 26.2. The van der Waals surface area contributed by atoms with Gasteiger partial charge in [-0.15, -0.1) is 10.2 Å². The van der Waals surface area contributed by atoms with Gasteiger partial charge in [-0.25, -0.2) is 8.99 Å². The van der Waals surface area contributed by atoms with Gasteiger partial charge in [-0.2, -0.15) is 17.6 Å². The van der Waals surface area contributed by atoms with Crippen LogP contribution in [-0.2, 0) is 15.9 Å². The molecule has 0 aliphatic carbocycles. The summed E-state index contributed by atoms with van der Waals surface area (Å²) in [6, 6.07) is 7.73. The van der Waals surface area contributed by atoms with Gasteiger partial charge in [-0.3, -0.25) is 4.79 Å². The maximum atomic E-state index is 14.7. The van der Waals surface area contributed by atoms with E-state index < -0.39 is 56.1 Å². The van der Waals surface area contributed by atoms with Crippen LogP contribution in [0.15, 0.2) is 41.3 Å². The highest BCUT2D eigenvalue weighted by Crippen LogP contribution is 2.38. The van der Waals surface area contributed by atoms with Crippen LogP contribution in [-0.4, -0.2) is 33.7 Å². The molecular formula is C21H17ClF4N4O4S. The van der Waals surface area contributed by atoms with E-state index in [1.54, 1.807) is 0 Å². The van der Waals surface area contributed by atoms with Crippen LogP contribution < -0.4 is 14.8 Å². The molecule has 3 aromatic rings. The number of aromatic nitrogens is 2. The van der Waals surface area contributed by atoms with Gasteiger partial charge in [0.25, 0.3) is 11.8 Å². The first-order valence-corrected chi connectivity index (χ1v) is 11.9. The number of amides is 1. The molecule has 8 nitrogen and oxygen atoms in total. The Balaban J connectivity index is 2.11. The van der Waals surface area contributed by atoms with Crippen LogP contribution in [0, 0.1) is 17.5 Å². The summed E-state index contributed by atoms with van der Waals surface area (Å²) in [4.78, 5) is 13.2. The van der Waals surface area contributed by atoms with Crippen molar-refractivity contribution in [1.82, 2.24) is 10.2 Å². The quantitative estimate of drug-likeness (QED) is 0.394. The fourth-order valence-corrected chi connectivity index (χ4v) is 3.91. The van der Waals surface area contributed by atoms with E-state index in [9.17, 15) is 26.6 Å². The third-order valence-corrected chi connectivity index (χ3v) is 6.10. The number of alkyl halides is 3. The van der Waals surface area contributed by atoms with E-state index in [2.05, 4.69) is 15.5 Å². The third kappa shape index (κ3) is 5.62. The zero-order valence-electron chi connectivity index (χ0n) is 18.3. The Morgan fingerprint density at radius 3 is 2.49 bits per heavy atom. The number of nitrogens with zero attached hydrogens (tertiary/aromatic N) is 2. The molecule has 0 bridgehead atoms. The van der Waals surface area contributed by atoms with Gasteiger partial charge in [-0.1, -0.05) is 17.7 Å². The predicted octanol–water partition coefficient (Wildman–Crippen LogP) is 5.68. The van der Waals surface area contributed by atoms with E-state index in [0.717, 1.165) is 20.1 Å². The molecule has 186 valence electrons. The summed E-state index contributed by atoms with van der Waals surface area (Å²) in [6.07, 6.45) is -3.78. The topological polar surface area (TPSA) is 114 Å². The minimum Gasteiger partial charge on any atom is -0.492 e. The van der Waals surface area contributed by atoms with E-state index in [1.807, 2.05) is 0 Å². The van der Waals surface area contributed by atoms with E-state index in [-0.39, 0.29) is 21.4 Å². The molecule has 0 saturated carbocycles. The van der Waals surface area contributed by atoms with Gasteiger partial charge in [0.05, 0.1) is 21.9 Å². The van der Waals surface area contributed by atoms with Crippen LogP contribution in [0.3, 0.4) is 0 Å². The van der Waals surface area contributed by atoms with Crippen molar-refractivity contribution in [1.29, 1.82) is 4.78 Å². The van der Waals surface area contributed by atoms with Crippen LogP contribution >= 0.6 is 11.6 Å². The minimum absolute atomic E-state index is 0.0457. The van der Waals surface area contributed by atoms with Crippen molar-refractivity contribution in [3.05, 3.63) is 64.1 Å². The molecule has 35 heavy (non-hydrogen) atoms. The summed E-state index contributed by atoms with van der Waals surface area (Å²) < 4.78 is 84.9. The highest BCUT2D eigenvalue weighted by Gasteiger charge is 2.38. The number of carbonyl (C=O) groups excluding carboxylic acids is 1. The summed E-state index contributed by atoms with van der Waals surface area (Å²) >= 11 is 5.85. The highest BCUT2D eigenvalue weighted by molar-refractivity contribution is 7.91. The molecule has 1 unspecified atom stereocenters. The smallest absolute Gasteiger partial charge is 0.435 e. The number of benzene rings is 2. The van der Waals surface area contributed by atoms with Crippen molar-refractivity contribution in [2.24, 2.45) is 0 Å². The maximum Gasteiger partial charge on any atom is 0.435 e. The summed E-state index contributed by atoms with van der Waals surface area (Å²) in [5.41, 5.74) is -2.70. The number of rotatable bonds is 6. The first-order chi connectivity index (χ1) is 16.2. The molecular weight excluding hydrogens is 516 g/mol. The van der Waals surface area contributed by atoms with Gasteiger partial charge < -0.3 is 14.8 Å². The lowest BCUT2D eigenvalue weighted by molar-refractivity contribution is -0.142. The number of anilines is 1. The number of halogens is 5. The van der Waals surface area contributed by atoms with Crippen LogP contribution in [0.5, 0.6) is 17.4 Å². The van der Waals surface area contributed by atoms with Gasteiger partial charge >= 0.3 is 6.18 Å². The number of hydrogen-bond acceptors (Lipinski definition) is 7. The van der Waals surface area contributed by atoms with Gasteiger partial charge in [0, 0.05) is 16.8 Å². The van der Waals surface area contributed by atoms with Crippen molar-refractivity contribution in [2.75, 3.05) is 18.7 Å². The largest absolute Gasteiger partial charge is 0.492 e. The molecule has 1 heterocycles. The average Bonchev–Trinajstić information content (AvgIpc) is 2.75. The molecule has 0 fully saturated rings. The van der Waals surface area contributed by atoms with Crippen LogP contribution in [0.25, 0.3) is 0 Å². The van der Waals surface area contributed by atoms with Gasteiger partial charge in [0.15, 0.2) is 17.2 Å². The third-order valence-electron chi connectivity index (χ3n) is 4.65. The second-order valence-electron chi connectivity index (χ2n) is 7.17. The lowest BCUT2D eigenvalue weighted by atomic mass is 10.1. The SMILES string of the molecule is COc1c(Cl)ccc(Oc2nnc(C(F)(F)F)c(C)c2C(=O)Nc2cccc(S(C)(=N)=O)c2)c1F. The van der Waals surface area contributed by atoms with Crippen molar-refractivity contribution in [2.45, 2.75) is 18.0 Å². The van der Waals surface area contributed by atoms with Gasteiger partial charge in [0.1, 0.15) is 5.56 Å². The molecule has 3 rings (SSSR count). The Morgan fingerprint density at radius 1 is 1.20 bits per heavy atom. The Labute approximate surface area is 202 Å². The number of hydrogen-bond donors (Lipinski definition) is 2. The van der Waals surface area contributed by atoms with Crippen molar-refractivity contribution >= 4 is 32.9 Å². The average molecular weight is 533 g/mol. The Hall–Kier alpha value is -3.45. The van der Waals surface area contributed by atoms with Crippen LogP contribution in [0.4, 0.5) is 23.2 Å². The molecule has 1 amide bonds. The molecule has 0 spiro atoms. The molecule has 14 heteroatoms. The second-order valence-corrected chi connectivity index (χ2v) is 9.74.